The highest BCUT2D eigenvalue weighted by atomic mass is 19.4. The number of likely N-dealkylation sites (N-methyl/N-ethyl adjacent to an activating group) is 1. The molecule has 1 aliphatic rings. The molecule has 22 heavy (non-hydrogen) atoms. The summed E-state index contributed by atoms with van der Waals surface area (Å²) in [5.74, 6) is 0. The minimum absolute atomic E-state index is 0.195. The van der Waals surface area contributed by atoms with Crippen LogP contribution in [0.4, 0.5) is 13.2 Å². The molecule has 0 amide bonds. The normalized spacial score (nSPS) is 22.3. The van der Waals surface area contributed by atoms with E-state index in [0.29, 0.717) is 5.56 Å². The summed E-state index contributed by atoms with van der Waals surface area (Å²) in [6.07, 6.45) is -4.35. The van der Waals surface area contributed by atoms with Crippen molar-refractivity contribution < 1.29 is 13.2 Å². The number of piperazine rings is 1. The van der Waals surface area contributed by atoms with Crippen LogP contribution in [0.1, 0.15) is 31.0 Å². The van der Waals surface area contributed by atoms with Gasteiger partial charge in [-0.2, -0.15) is 18.4 Å². The highest BCUT2D eigenvalue weighted by Gasteiger charge is 2.32. The maximum absolute atomic E-state index is 12.6. The van der Waals surface area contributed by atoms with E-state index in [4.69, 9.17) is 0 Å². The van der Waals surface area contributed by atoms with Gasteiger partial charge in [-0.05, 0) is 31.2 Å². The van der Waals surface area contributed by atoms with Crippen molar-refractivity contribution in [1.82, 2.24) is 9.80 Å². The van der Waals surface area contributed by atoms with Gasteiger partial charge >= 0.3 is 6.18 Å². The monoisotopic (exact) mass is 311 g/mol. The smallest absolute Gasteiger partial charge is 0.301 e. The van der Waals surface area contributed by atoms with Crippen LogP contribution in [0, 0.1) is 11.3 Å². The number of alkyl halides is 3. The minimum Gasteiger partial charge on any atom is -0.301 e. The van der Waals surface area contributed by atoms with Crippen molar-refractivity contribution in [3.05, 3.63) is 35.4 Å². The van der Waals surface area contributed by atoms with Gasteiger partial charge < -0.3 is 4.90 Å². The lowest BCUT2D eigenvalue weighted by atomic mass is 10.0. The highest BCUT2D eigenvalue weighted by Crippen LogP contribution is 2.31. The molecule has 0 saturated carbocycles. The second kappa shape index (κ2) is 6.67. The lowest BCUT2D eigenvalue weighted by Gasteiger charge is -2.41. The van der Waals surface area contributed by atoms with Crippen LogP contribution >= 0.6 is 0 Å². The van der Waals surface area contributed by atoms with E-state index in [0.717, 1.165) is 38.3 Å². The summed E-state index contributed by atoms with van der Waals surface area (Å²) in [7, 11) is 0. The van der Waals surface area contributed by atoms with Crippen LogP contribution in [0.2, 0.25) is 0 Å². The van der Waals surface area contributed by atoms with E-state index >= 15 is 0 Å². The van der Waals surface area contributed by atoms with Crippen LogP contribution < -0.4 is 0 Å². The Morgan fingerprint density at radius 1 is 1.27 bits per heavy atom. The quantitative estimate of drug-likeness (QED) is 0.858. The lowest BCUT2D eigenvalue weighted by Crippen LogP contribution is -2.52. The van der Waals surface area contributed by atoms with E-state index in [1.165, 1.54) is 12.1 Å². The van der Waals surface area contributed by atoms with Gasteiger partial charge in [-0.15, -0.1) is 0 Å². The number of nitrogens with zero attached hydrogens (tertiary/aromatic N) is 3. The zero-order valence-electron chi connectivity index (χ0n) is 12.8. The lowest BCUT2D eigenvalue weighted by molar-refractivity contribution is -0.137. The van der Waals surface area contributed by atoms with Gasteiger partial charge in [0, 0.05) is 25.7 Å². The third-order valence-electron chi connectivity index (χ3n) is 4.22. The summed E-state index contributed by atoms with van der Waals surface area (Å²) in [6, 6.07) is 6.85. The van der Waals surface area contributed by atoms with Crippen LogP contribution in [-0.4, -0.2) is 42.0 Å². The van der Waals surface area contributed by atoms with Crippen molar-refractivity contribution in [1.29, 1.82) is 5.26 Å². The van der Waals surface area contributed by atoms with E-state index in [1.54, 1.807) is 0 Å². The average Bonchev–Trinajstić information content (AvgIpc) is 2.49. The van der Waals surface area contributed by atoms with Crippen molar-refractivity contribution in [2.75, 3.05) is 26.2 Å². The summed E-state index contributed by atoms with van der Waals surface area (Å²) in [5, 5.41) is 9.47. The Bertz CT molecular complexity index is 533. The topological polar surface area (TPSA) is 30.3 Å². The standard InChI is InChI=1S/C16H20F3N3/c1-3-21-8-9-22(12(2)11-21)15(10-20)13-4-6-14(7-5-13)16(17,18)19/h4-7,12,15H,3,8-9,11H2,1-2H3. The predicted molar refractivity (Wildman–Crippen MR) is 78.1 cm³/mol. The molecule has 2 rings (SSSR count). The molecule has 120 valence electrons. The van der Waals surface area contributed by atoms with Crippen LogP contribution in [0.15, 0.2) is 24.3 Å². The Labute approximate surface area is 128 Å². The van der Waals surface area contributed by atoms with Crippen molar-refractivity contribution in [3.63, 3.8) is 0 Å². The molecule has 0 bridgehead atoms. The summed E-state index contributed by atoms with van der Waals surface area (Å²) in [5.41, 5.74) is -0.0657. The Balaban J connectivity index is 2.17. The summed E-state index contributed by atoms with van der Waals surface area (Å²) >= 11 is 0. The first-order chi connectivity index (χ1) is 10.4. The molecule has 2 unspecified atom stereocenters. The summed E-state index contributed by atoms with van der Waals surface area (Å²) < 4.78 is 37.9. The number of nitriles is 1. The first-order valence-corrected chi connectivity index (χ1v) is 7.41. The second-order valence-electron chi connectivity index (χ2n) is 5.63. The first kappa shape index (κ1) is 16.8. The second-order valence-corrected chi connectivity index (χ2v) is 5.63. The molecular weight excluding hydrogens is 291 g/mol. The number of benzene rings is 1. The van der Waals surface area contributed by atoms with Gasteiger partial charge in [0.1, 0.15) is 6.04 Å². The molecule has 1 aromatic carbocycles. The van der Waals surface area contributed by atoms with Gasteiger partial charge in [0.25, 0.3) is 0 Å². The van der Waals surface area contributed by atoms with Crippen molar-refractivity contribution >= 4 is 0 Å². The van der Waals surface area contributed by atoms with Gasteiger partial charge in [0.05, 0.1) is 11.6 Å². The largest absolute Gasteiger partial charge is 0.416 e. The predicted octanol–water partition coefficient (Wildman–Crippen LogP) is 3.30. The van der Waals surface area contributed by atoms with Gasteiger partial charge in [0.2, 0.25) is 0 Å². The average molecular weight is 311 g/mol. The molecule has 1 aromatic rings. The fourth-order valence-corrected chi connectivity index (χ4v) is 2.91. The fourth-order valence-electron chi connectivity index (χ4n) is 2.91. The van der Waals surface area contributed by atoms with Crippen LogP contribution in [0.25, 0.3) is 0 Å². The van der Waals surface area contributed by atoms with Crippen molar-refractivity contribution in [3.8, 4) is 6.07 Å². The van der Waals surface area contributed by atoms with Gasteiger partial charge in [0.15, 0.2) is 0 Å². The maximum atomic E-state index is 12.6. The molecule has 0 aromatic heterocycles. The Kier molecular flexibility index (Phi) is 5.09. The van der Waals surface area contributed by atoms with Gasteiger partial charge in [-0.1, -0.05) is 19.1 Å². The number of hydrogen-bond acceptors (Lipinski definition) is 3. The fraction of sp³-hybridized carbons (Fsp3) is 0.562. The molecule has 0 radical (unpaired) electrons. The minimum atomic E-state index is -4.35. The van der Waals surface area contributed by atoms with Crippen molar-refractivity contribution in [2.24, 2.45) is 0 Å². The molecule has 1 aliphatic heterocycles. The Morgan fingerprint density at radius 2 is 1.91 bits per heavy atom. The van der Waals surface area contributed by atoms with E-state index in [9.17, 15) is 18.4 Å². The third-order valence-corrected chi connectivity index (χ3v) is 4.22. The molecule has 0 aliphatic carbocycles. The van der Waals surface area contributed by atoms with Crippen LogP contribution in [0.5, 0.6) is 0 Å². The molecule has 3 nitrogen and oxygen atoms in total. The zero-order valence-corrected chi connectivity index (χ0v) is 12.8. The highest BCUT2D eigenvalue weighted by molar-refractivity contribution is 5.30. The van der Waals surface area contributed by atoms with E-state index in [2.05, 4.69) is 29.7 Å². The van der Waals surface area contributed by atoms with E-state index in [1.807, 2.05) is 0 Å². The molecule has 1 fully saturated rings. The number of rotatable bonds is 3. The van der Waals surface area contributed by atoms with E-state index < -0.39 is 17.8 Å². The summed E-state index contributed by atoms with van der Waals surface area (Å²) in [6.45, 7) is 7.61. The van der Waals surface area contributed by atoms with Crippen LogP contribution in [0.3, 0.4) is 0 Å². The molecule has 2 atom stereocenters. The number of hydrogen-bond donors (Lipinski definition) is 0. The van der Waals surface area contributed by atoms with E-state index in [-0.39, 0.29) is 6.04 Å². The first-order valence-electron chi connectivity index (χ1n) is 7.41. The number of halogens is 3. The van der Waals surface area contributed by atoms with Crippen molar-refractivity contribution in [2.45, 2.75) is 32.1 Å². The Morgan fingerprint density at radius 3 is 2.36 bits per heavy atom. The Hall–Kier alpha value is -1.58. The molecule has 1 saturated heterocycles. The maximum Gasteiger partial charge on any atom is 0.416 e. The molecule has 0 N–H and O–H groups in total. The SMILES string of the molecule is CCN1CCN(C(C#N)c2ccc(C(F)(F)F)cc2)C(C)C1. The molecule has 0 spiro atoms. The van der Waals surface area contributed by atoms with Gasteiger partial charge in [-0.25, -0.2) is 0 Å². The van der Waals surface area contributed by atoms with Crippen LogP contribution in [-0.2, 0) is 6.18 Å². The zero-order chi connectivity index (χ0) is 16.3. The molecule has 6 heteroatoms. The summed E-state index contributed by atoms with van der Waals surface area (Å²) in [4.78, 5) is 4.37. The molecular formula is C16H20F3N3. The third kappa shape index (κ3) is 3.60. The van der Waals surface area contributed by atoms with Gasteiger partial charge in [-0.3, -0.25) is 4.90 Å². The molecule has 1 heterocycles.